The van der Waals surface area contributed by atoms with Gasteiger partial charge < -0.3 is 41.1 Å². The number of amides is 5. The van der Waals surface area contributed by atoms with Gasteiger partial charge in [-0.2, -0.15) is 0 Å². The Morgan fingerprint density at radius 3 is 2.20 bits per heavy atom. The Morgan fingerprint density at radius 2 is 1.53 bits per heavy atom. The molecular weight excluding hydrogens is 591 g/mol. The first kappa shape index (κ1) is 36.1. The van der Waals surface area contributed by atoms with Crippen molar-refractivity contribution >= 4 is 46.4 Å². The number of nitrogens with zero attached hydrogens (tertiary/aromatic N) is 1. The molecule has 13 nitrogen and oxygen atoms in total. The maximum atomic E-state index is 13.8. The van der Waals surface area contributed by atoms with Crippen LogP contribution in [-0.2, 0) is 35.2 Å². The standard InChI is InChI=1S/C31H42N6O7.Na/c1-16(2)12-21-27(40)33-22(13-18-15-32-20-9-6-5-8-19(18)20)28(41)35-23(14-25(38)39)31(44)37-11-7-10-24(37)29(42)36-26(17(3)4)30(43)34-21;/h5-6,8-9,15-17,21-24,26,32H,7,10-14H2,1-4H3,(H,33,40)(H,34,43)(H,35,41)(H,36,42)(H,38,39);/q;+1/p-1. The van der Waals surface area contributed by atoms with Crippen molar-refractivity contribution in [3.8, 4) is 0 Å². The quantitative estimate of drug-likeness (QED) is 0.196. The molecule has 0 aliphatic carbocycles. The first-order valence-corrected chi connectivity index (χ1v) is 15.1. The molecule has 4 rings (SSSR count). The molecule has 2 aliphatic heterocycles. The van der Waals surface area contributed by atoms with Crippen molar-refractivity contribution in [3.05, 3.63) is 36.0 Å². The van der Waals surface area contributed by atoms with Crippen LogP contribution in [-0.4, -0.2) is 82.1 Å². The molecule has 5 unspecified atom stereocenters. The monoisotopic (exact) mass is 632 g/mol. The van der Waals surface area contributed by atoms with Gasteiger partial charge in [0.25, 0.3) is 0 Å². The van der Waals surface area contributed by atoms with Gasteiger partial charge in [-0.15, -0.1) is 0 Å². The molecule has 0 bridgehead atoms. The third kappa shape index (κ3) is 8.86. The Balaban J connectivity index is 0.00000552. The van der Waals surface area contributed by atoms with Crippen LogP contribution in [0, 0.1) is 11.8 Å². The van der Waals surface area contributed by atoms with Gasteiger partial charge in [0.1, 0.15) is 30.2 Å². The molecular formula is C31H41N6NaO7. The average molecular weight is 633 g/mol. The number of aliphatic carboxylic acids is 1. The van der Waals surface area contributed by atoms with Gasteiger partial charge >= 0.3 is 29.6 Å². The minimum Gasteiger partial charge on any atom is -0.550 e. The normalized spacial score (nSPS) is 25.1. The molecule has 2 aromatic rings. The number of para-hydroxylation sites is 1. The summed E-state index contributed by atoms with van der Waals surface area (Å²) in [6, 6.07) is 1.64. The number of fused-ring (bicyclic) bond motifs is 2. The van der Waals surface area contributed by atoms with E-state index >= 15 is 0 Å². The van der Waals surface area contributed by atoms with E-state index in [-0.39, 0.29) is 60.8 Å². The second kappa shape index (κ2) is 15.7. The fraction of sp³-hybridized carbons (Fsp3) is 0.548. The molecule has 2 aliphatic rings. The van der Waals surface area contributed by atoms with Gasteiger partial charge in [-0.1, -0.05) is 45.9 Å². The zero-order valence-electron chi connectivity index (χ0n) is 26.5. The fourth-order valence-electron chi connectivity index (χ4n) is 5.89. The zero-order valence-corrected chi connectivity index (χ0v) is 28.5. The van der Waals surface area contributed by atoms with Gasteiger partial charge in [-0.05, 0) is 42.7 Å². The van der Waals surface area contributed by atoms with Crippen LogP contribution in [0.5, 0.6) is 0 Å². The summed E-state index contributed by atoms with van der Waals surface area (Å²) in [7, 11) is 0. The molecule has 0 saturated carbocycles. The summed E-state index contributed by atoms with van der Waals surface area (Å²) in [6.45, 7) is 7.45. The van der Waals surface area contributed by atoms with Crippen molar-refractivity contribution in [2.75, 3.05) is 6.54 Å². The van der Waals surface area contributed by atoms with Crippen LogP contribution in [0.4, 0.5) is 0 Å². The summed E-state index contributed by atoms with van der Waals surface area (Å²) < 4.78 is 0. The maximum absolute atomic E-state index is 13.8. The van der Waals surface area contributed by atoms with Gasteiger partial charge in [-0.3, -0.25) is 24.0 Å². The second-order valence-electron chi connectivity index (χ2n) is 12.4. The van der Waals surface area contributed by atoms with Gasteiger partial charge in [0.2, 0.25) is 29.5 Å². The molecule has 238 valence electrons. The number of hydrogen-bond acceptors (Lipinski definition) is 7. The minimum atomic E-state index is -1.56. The van der Waals surface area contributed by atoms with E-state index in [0.717, 1.165) is 10.9 Å². The molecule has 5 amide bonds. The van der Waals surface area contributed by atoms with Crippen LogP contribution in [0.25, 0.3) is 10.9 Å². The molecule has 0 radical (unpaired) electrons. The van der Waals surface area contributed by atoms with E-state index in [2.05, 4.69) is 26.3 Å². The summed E-state index contributed by atoms with van der Waals surface area (Å²) >= 11 is 0. The Kier molecular flexibility index (Phi) is 12.6. The van der Waals surface area contributed by atoms with Crippen LogP contribution in [0.3, 0.4) is 0 Å². The van der Waals surface area contributed by atoms with Crippen molar-refractivity contribution < 1.29 is 63.4 Å². The summed E-state index contributed by atoms with van der Waals surface area (Å²) in [6.07, 6.45) is 1.93. The van der Waals surface area contributed by atoms with Crippen LogP contribution < -0.4 is 55.9 Å². The predicted molar refractivity (Wildman–Crippen MR) is 158 cm³/mol. The van der Waals surface area contributed by atoms with Crippen molar-refractivity contribution in [1.29, 1.82) is 0 Å². The number of rotatable bonds is 7. The molecule has 1 aromatic heterocycles. The number of carbonyl (C=O) groups is 6. The fourth-order valence-corrected chi connectivity index (χ4v) is 5.89. The number of carboxylic acid groups (broad SMARTS) is 1. The second-order valence-corrected chi connectivity index (χ2v) is 12.4. The van der Waals surface area contributed by atoms with Gasteiger partial charge in [-0.25, -0.2) is 0 Å². The van der Waals surface area contributed by atoms with Gasteiger partial charge in [0.15, 0.2) is 0 Å². The van der Waals surface area contributed by atoms with Crippen LogP contribution in [0.15, 0.2) is 30.5 Å². The molecule has 5 atom stereocenters. The predicted octanol–water partition coefficient (Wildman–Crippen LogP) is -3.50. The number of nitrogens with one attached hydrogen (secondary N) is 5. The largest absolute Gasteiger partial charge is 1.00 e. The number of benzene rings is 1. The molecule has 14 heteroatoms. The smallest absolute Gasteiger partial charge is 0.550 e. The first-order chi connectivity index (χ1) is 20.8. The number of carboxylic acids is 1. The Morgan fingerprint density at radius 1 is 0.889 bits per heavy atom. The Hall–Kier alpha value is -3.42. The number of aromatic amines is 1. The minimum absolute atomic E-state index is 0. The molecule has 2 saturated heterocycles. The third-order valence-electron chi connectivity index (χ3n) is 8.14. The van der Waals surface area contributed by atoms with E-state index < -0.39 is 72.1 Å². The van der Waals surface area contributed by atoms with Gasteiger partial charge in [0.05, 0.1) is 0 Å². The summed E-state index contributed by atoms with van der Waals surface area (Å²) in [5, 5.41) is 23.3. The van der Waals surface area contributed by atoms with E-state index in [1.54, 1.807) is 20.0 Å². The van der Waals surface area contributed by atoms with Crippen molar-refractivity contribution in [1.82, 2.24) is 31.2 Å². The molecule has 3 heterocycles. The Bertz CT molecular complexity index is 1430. The van der Waals surface area contributed by atoms with Crippen LogP contribution >= 0.6 is 0 Å². The molecule has 5 N–H and O–H groups in total. The third-order valence-corrected chi connectivity index (χ3v) is 8.14. The number of hydrogen-bond donors (Lipinski definition) is 5. The first-order valence-electron chi connectivity index (χ1n) is 15.1. The average Bonchev–Trinajstić information content (AvgIpc) is 3.61. The summed E-state index contributed by atoms with van der Waals surface area (Å²) in [5.74, 6) is -5.23. The molecule has 45 heavy (non-hydrogen) atoms. The van der Waals surface area contributed by atoms with Crippen LogP contribution in [0.2, 0.25) is 0 Å². The van der Waals surface area contributed by atoms with E-state index in [4.69, 9.17) is 0 Å². The van der Waals surface area contributed by atoms with Crippen molar-refractivity contribution in [2.45, 2.75) is 90.0 Å². The summed E-state index contributed by atoms with van der Waals surface area (Å²) in [5.41, 5.74) is 1.53. The maximum Gasteiger partial charge on any atom is 1.00 e. The number of aromatic nitrogens is 1. The van der Waals surface area contributed by atoms with E-state index in [0.29, 0.717) is 18.4 Å². The van der Waals surface area contributed by atoms with Crippen LogP contribution in [0.1, 0.15) is 58.9 Å². The number of carbonyl (C=O) groups excluding carboxylic acids is 6. The van der Waals surface area contributed by atoms with E-state index in [9.17, 15) is 33.9 Å². The molecule has 0 spiro atoms. The topological polar surface area (TPSA) is 193 Å². The van der Waals surface area contributed by atoms with E-state index in [1.165, 1.54) is 4.90 Å². The van der Waals surface area contributed by atoms with Crippen molar-refractivity contribution in [2.24, 2.45) is 11.8 Å². The molecule has 2 fully saturated rings. The zero-order chi connectivity index (χ0) is 32.1. The van der Waals surface area contributed by atoms with E-state index in [1.807, 2.05) is 38.1 Å². The van der Waals surface area contributed by atoms with Gasteiger partial charge in [0, 0.05) is 42.5 Å². The van der Waals surface area contributed by atoms with Crippen molar-refractivity contribution in [3.63, 3.8) is 0 Å². The number of H-pyrrole nitrogens is 1. The molecule has 1 aromatic carbocycles. The SMILES string of the molecule is CC(C)CC1NC(=O)C(C(C)C)NC(=O)C2CCCN2C(=O)C(CC(=O)[O-])NC(=O)C(Cc2c[nH]c3ccccc23)NC1=O.[Na+]. The Labute approximate surface area is 284 Å². The summed E-state index contributed by atoms with van der Waals surface area (Å²) in [4.78, 5) is 84.2.